The Bertz CT molecular complexity index is 272. The smallest absolute Gasteiger partial charge is 0.0344 e. The zero-order valence-electron chi connectivity index (χ0n) is 7.46. The summed E-state index contributed by atoms with van der Waals surface area (Å²) in [4.78, 5) is 0. The van der Waals surface area contributed by atoms with Crippen LogP contribution in [0.15, 0.2) is 30.3 Å². The van der Waals surface area contributed by atoms with Gasteiger partial charge in [0.15, 0.2) is 0 Å². The standard InChI is InChI=1S/C10H14N2/c1-3-10(11)8-4-6-9(12-2)7-5-8/h3-7,12H,11H2,1-2H3/b10-3-. The Kier molecular flexibility index (Phi) is 2.75. The third kappa shape index (κ3) is 1.78. The van der Waals surface area contributed by atoms with Gasteiger partial charge < -0.3 is 11.1 Å². The molecule has 1 rings (SSSR count). The van der Waals surface area contributed by atoms with Gasteiger partial charge in [0.1, 0.15) is 0 Å². The van der Waals surface area contributed by atoms with E-state index in [-0.39, 0.29) is 0 Å². The highest BCUT2D eigenvalue weighted by atomic mass is 14.8. The SMILES string of the molecule is C/C=C(\N)c1ccc(NC)cc1. The highest BCUT2D eigenvalue weighted by Crippen LogP contribution is 2.12. The third-order valence-electron chi connectivity index (χ3n) is 1.82. The molecule has 0 aromatic heterocycles. The maximum Gasteiger partial charge on any atom is 0.0344 e. The van der Waals surface area contributed by atoms with E-state index in [0.29, 0.717) is 0 Å². The first-order valence-corrected chi connectivity index (χ1v) is 3.98. The molecule has 0 heterocycles. The predicted molar refractivity (Wildman–Crippen MR) is 53.8 cm³/mol. The van der Waals surface area contributed by atoms with Crippen LogP contribution in [-0.4, -0.2) is 7.05 Å². The second-order valence-corrected chi connectivity index (χ2v) is 2.57. The predicted octanol–water partition coefficient (Wildman–Crippen LogP) is 2.05. The molecular weight excluding hydrogens is 148 g/mol. The molecule has 0 aliphatic rings. The minimum absolute atomic E-state index is 0.817. The molecule has 2 heteroatoms. The minimum atomic E-state index is 0.817. The number of hydrogen-bond donors (Lipinski definition) is 2. The lowest BCUT2D eigenvalue weighted by Gasteiger charge is -2.02. The first kappa shape index (κ1) is 8.65. The molecule has 0 aliphatic carbocycles. The molecule has 0 saturated heterocycles. The van der Waals surface area contributed by atoms with E-state index >= 15 is 0 Å². The van der Waals surface area contributed by atoms with Crippen molar-refractivity contribution in [2.75, 3.05) is 12.4 Å². The number of nitrogens with two attached hydrogens (primary N) is 1. The summed E-state index contributed by atoms with van der Waals surface area (Å²) in [6.45, 7) is 1.93. The molecular formula is C10H14N2. The lowest BCUT2D eigenvalue weighted by atomic mass is 10.1. The van der Waals surface area contributed by atoms with Gasteiger partial charge >= 0.3 is 0 Å². The van der Waals surface area contributed by atoms with Gasteiger partial charge in [-0.1, -0.05) is 18.2 Å². The van der Waals surface area contributed by atoms with E-state index in [4.69, 9.17) is 5.73 Å². The van der Waals surface area contributed by atoms with Crippen molar-refractivity contribution >= 4 is 11.4 Å². The van der Waals surface area contributed by atoms with Gasteiger partial charge in [-0.25, -0.2) is 0 Å². The highest BCUT2D eigenvalue weighted by Gasteiger charge is 1.93. The van der Waals surface area contributed by atoms with E-state index in [1.165, 1.54) is 0 Å². The molecule has 0 bridgehead atoms. The van der Waals surface area contributed by atoms with Crippen LogP contribution in [0.1, 0.15) is 12.5 Å². The Labute approximate surface area is 73.1 Å². The Morgan fingerprint density at radius 1 is 1.33 bits per heavy atom. The van der Waals surface area contributed by atoms with Crippen molar-refractivity contribution in [3.8, 4) is 0 Å². The van der Waals surface area contributed by atoms with Crippen LogP contribution < -0.4 is 11.1 Å². The molecule has 3 N–H and O–H groups in total. The molecule has 1 aromatic carbocycles. The van der Waals surface area contributed by atoms with Crippen LogP contribution in [0.3, 0.4) is 0 Å². The van der Waals surface area contributed by atoms with Gasteiger partial charge in [-0.05, 0) is 24.6 Å². The molecule has 0 fully saturated rings. The van der Waals surface area contributed by atoms with Crippen molar-refractivity contribution in [3.63, 3.8) is 0 Å². The van der Waals surface area contributed by atoms with Crippen LogP contribution in [0.2, 0.25) is 0 Å². The number of benzene rings is 1. The summed E-state index contributed by atoms with van der Waals surface area (Å²) in [5.74, 6) is 0. The molecule has 0 radical (unpaired) electrons. The number of hydrogen-bond acceptors (Lipinski definition) is 2. The average Bonchev–Trinajstić information content (AvgIpc) is 2.17. The van der Waals surface area contributed by atoms with Crippen molar-refractivity contribution in [1.82, 2.24) is 0 Å². The monoisotopic (exact) mass is 162 g/mol. The average molecular weight is 162 g/mol. The zero-order valence-corrected chi connectivity index (χ0v) is 7.46. The van der Waals surface area contributed by atoms with Gasteiger partial charge in [0.25, 0.3) is 0 Å². The molecule has 12 heavy (non-hydrogen) atoms. The Balaban J connectivity index is 2.92. The van der Waals surface area contributed by atoms with Gasteiger partial charge in [-0.3, -0.25) is 0 Å². The van der Waals surface area contributed by atoms with Gasteiger partial charge in [0, 0.05) is 18.4 Å². The van der Waals surface area contributed by atoms with E-state index in [1.807, 2.05) is 44.3 Å². The second kappa shape index (κ2) is 3.81. The van der Waals surface area contributed by atoms with Crippen LogP contribution >= 0.6 is 0 Å². The molecule has 64 valence electrons. The number of nitrogens with one attached hydrogen (secondary N) is 1. The number of rotatable bonds is 2. The van der Waals surface area contributed by atoms with E-state index in [0.717, 1.165) is 16.9 Å². The molecule has 2 nitrogen and oxygen atoms in total. The molecule has 0 aliphatic heterocycles. The highest BCUT2D eigenvalue weighted by molar-refractivity contribution is 5.64. The van der Waals surface area contributed by atoms with E-state index in [2.05, 4.69) is 5.32 Å². The normalized spacial score (nSPS) is 11.3. The van der Waals surface area contributed by atoms with Crippen LogP contribution in [-0.2, 0) is 0 Å². The summed E-state index contributed by atoms with van der Waals surface area (Å²) >= 11 is 0. The summed E-state index contributed by atoms with van der Waals surface area (Å²) in [6.07, 6.45) is 1.90. The molecule has 0 amide bonds. The third-order valence-corrected chi connectivity index (χ3v) is 1.82. The Morgan fingerprint density at radius 2 is 1.92 bits per heavy atom. The summed E-state index contributed by atoms with van der Waals surface area (Å²) < 4.78 is 0. The zero-order chi connectivity index (χ0) is 8.97. The van der Waals surface area contributed by atoms with Gasteiger partial charge in [-0.2, -0.15) is 0 Å². The van der Waals surface area contributed by atoms with Crippen molar-refractivity contribution in [2.24, 2.45) is 5.73 Å². The topological polar surface area (TPSA) is 38.0 Å². The molecule has 0 atom stereocenters. The van der Waals surface area contributed by atoms with E-state index in [1.54, 1.807) is 0 Å². The summed E-state index contributed by atoms with van der Waals surface area (Å²) in [6, 6.07) is 8.01. The lowest BCUT2D eigenvalue weighted by molar-refractivity contribution is 1.46. The van der Waals surface area contributed by atoms with Crippen molar-refractivity contribution in [1.29, 1.82) is 0 Å². The van der Waals surface area contributed by atoms with E-state index in [9.17, 15) is 0 Å². The van der Waals surface area contributed by atoms with Crippen LogP contribution in [0, 0.1) is 0 Å². The lowest BCUT2D eigenvalue weighted by Crippen LogP contribution is -1.95. The van der Waals surface area contributed by atoms with Crippen molar-refractivity contribution in [2.45, 2.75) is 6.92 Å². The minimum Gasteiger partial charge on any atom is -0.399 e. The molecule has 0 spiro atoms. The van der Waals surface area contributed by atoms with Crippen molar-refractivity contribution in [3.05, 3.63) is 35.9 Å². The molecule has 0 saturated carbocycles. The fourth-order valence-corrected chi connectivity index (χ4v) is 0.996. The fourth-order valence-electron chi connectivity index (χ4n) is 0.996. The quantitative estimate of drug-likeness (QED) is 0.698. The number of anilines is 1. The first-order chi connectivity index (χ1) is 5.77. The summed E-state index contributed by atoms with van der Waals surface area (Å²) in [5.41, 5.74) is 8.71. The Morgan fingerprint density at radius 3 is 2.33 bits per heavy atom. The summed E-state index contributed by atoms with van der Waals surface area (Å²) in [5, 5.41) is 3.05. The van der Waals surface area contributed by atoms with Gasteiger partial charge in [0.05, 0.1) is 0 Å². The van der Waals surface area contributed by atoms with Gasteiger partial charge in [0.2, 0.25) is 0 Å². The van der Waals surface area contributed by atoms with Crippen LogP contribution in [0.4, 0.5) is 5.69 Å². The Hall–Kier alpha value is -1.44. The largest absolute Gasteiger partial charge is 0.399 e. The number of allylic oxidation sites excluding steroid dienone is 1. The summed E-state index contributed by atoms with van der Waals surface area (Å²) in [7, 11) is 1.90. The first-order valence-electron chi connectivity index (χ1n) is 3.98. The molecule has 0 unspecified atom stereocenters. The van der Waals surface area contributed by atoms with Crippen LogP contribution in [0.5, 0.6) is 0 Å². The van der Waals surface area contributed by atoms with Crippen LogP contribution in [0.25, 0.3) is 5.70 Å². The maximum absolute atomic E-state index is 5.73. The second-order valence-electron chi connectivity index (χ2n) is 2.57. The maximum atomic E-state index is 5.73. The van der Waals surface area contributed by atoms with Gasteiger partial charge in [-0.15, -0.1) is 0 Å². The molecule has 1 aromatic rings. The fraction of sp³-hybridized carbons (Fsp3) is 0.200. The van der Waals surface area contributed by atoms with E-state index < -0.39 is 0 Å². The van der Waals surface area contributed by atoms with Crippen molar-refractivity contribution < 1.29 is 0 Å².